The summed E-state index contributed by atoms with van der Waals surface area (Å²) in [7, 11) is 1.00. The van der Waals surface area contributed by atoms with Crippen molar-refractivity contribution in [2.45, 2.75) is 0 Å². The molecular formula is C8H8Cl2F3NO. The normalized spacial score (nSPS) is 9.20. The van der Waals surface area contributed by atoms with Gasteiger partial charge in [0.15, 0.2) is 11.6 Å². The minimum absolute atomic E-state index is 0.194. The van der Waals surface area contributed by atoms with E-state index < -0.39 is 17.3 Å². The lowest BCUT2D eigenvalue weighted by Gasteiger charge is -2.10. The van der Waals surface area contributed by atoms with Gasteiger partial charge in [-0.15, -0.1) is 23.2 Å². The Morgan fingerprint density at radius 1 is 1.33 bits per heavy atom. The van der Waals surface area contributed by atoms with Crippen molar-refractivity contribution in [1.82, 2.24) is 0 Å². The van der Waals surface area contributed by atoms with Crippen molar-refractivity contribution in [1.29, 1.82) is 0 Å². The van der Waals surface area contributed by atoms with E-state index in [1.54, 1.807) is 0 Å². The molecule has 0 amide bonds. The molecule has 0 radical (unpaired) electrons. The Balaban J connectivity index is 0.000000583. The third kappa shape index (κ3) is 4.59. The van der Waals surface area contributed by atoms with Gasteiger partial charge in [-0.2, -0.15) is 0 Å². The summed E-state index contributed by atoms with van der Waals surface area (Å²) in [6.45, 7) is 0. The highest BCUT2D eigenvalue weighted by molar-refractivity contribution is 6.40. The van der Waals surface area contributed by atoms with Crippen LogP contribution in [0.15, 0.2) is 18.2 Å². The van der Waals surface area contributed by atoms with Crippen LogP contribution < -0.4 is 5.29 Å². The lowest BCUT2D eigenvalue weighted by molar-refractivity contribution is 0.0574. The molecule has 0 aliphatic carbocycles. The fourth-order valence-corrected chi connectivity index (χ4v) is 0.727. The second kappa shape index (κ2) is 7.62. The van der Waals surface area contributed by atoms with Gasteiger partial charge in [0.05, 0.1) is 12.4 Å². The van der Waals surface area contributed by atoms with Gasteiger partial charge in [-0.05, 0) is 12.1 Å². The highest BCUT2D eigenvalue weighted by Gasteiger charge is 2.13. The average Bonchev–Trinajstić information content (AvgIpc) is 2.22. The summed E-state index contributed by atoms with van der Waals surface area (Å²) in [6.07, 6.45) is 0. The Morgan fingerprint density at radius 3 is 2.33 bits per heavy atom. The Hall–Kier alpha value is -0.650. The first-order valence-electron chi connectivity index (χ1n) is 3.64. The van der Waals surface area contributed by atoms with Crippen LogP contribution in [0.3, 0.4) is 0 Å². The first-order chi connectivity index (χ1) is 7.08. The first-order valence-corrected chi connectivity index (χ1v) is 4.71. The van der Waals surface area contributed by atoms with Crippen LogP contribution in [-0.4, -0.2) is 12.4 Å². The molecule has 15 heavy (non-hydrogen) atoms. The maximum atomic E-state index is 12.7. The van der Waals surface area contributed by atoms with Crippen LogP contribution in [-0.2, 0) is 4.84 Å². The molecular weight excluding hydrogens is 254 g/mol. The summed E-state index contributed by atoms with van der Waals surface area (Å²) < 4.78 is 37.7. The van der Waals surface area contributed by atoms with E-state index in [1.165, 1.54) is 6.07 Å². The van der Waals surface area contributed by atoms with Crippen LogP contribution in [0.1, 0.15) is 0 Å². The Kier molecular flexibility index (Phi) is 7.29. The third-order valence-electron chi connectivity index (χ3n) is 1.28. The van der Waals surface area contributed by atoms with Crippen molar-refractivity contribution in [3.05, 3.63) is 29.8 Å². The van der Waals surface area contributed by atoms with Gasteiger partial charge in [0, 0.05) is 0 Å². The van der Waals surface area contributed by atoms with E-state index in [4.69, 9.17) is 23.2 Å². The predicted octanol–water partition coefficient (Wildman–Crippen LogP) is 3.64. The fraction of sp³-hybridized carbons (Fsp3) is 0.250. The summed E-state index contributed by atoms with van der Waals surface area (Å²) >= 11 is 9.53. The molecule has 0 aliphatic rings. The number of alkyl halides is 2. The van der Waals surface area contributed by atoms with Crippen LogP contribution in [0.5, 0.6) is 0 Å². The number of benzene rings is 1. The van der Waals surface area contributed by atoms with Crippen molar-refractivity contribution in [2.24, 2.45) is 0 Å². The molecule has 0 fully saturated rings. The summed E-state index contributed by atoms with van der Waals surface area (Å²) in [5, 5.41) is -0.154. The van der Waals surface area contributed by atoms with Gasteiger partial charge >= 0.3 is 0 Å². The van der Waals surface area contributed by atoms with Gasteiger partial charge in [0.25, 0.3) is 0 Å². The molecule has 0 bridgehead atoms. The van der Waals surface area contributed by atoms with E-state index in [0.717, 1.165) is 19.2 Å². The zero-order valence-electron chi connectivity index (χ0n) is 7.68. The molecule has 0 unspecified atom stereocenters. The van der Waals surface area contributed by atoms with Crippen molar-refractivity contribution < 1.29 is 18.1 Å². The number of anilines is 1. The number of nitrogens with zero attached hydrogens (tertiary/aromatic N) is 1. The second-order valence-corrected chi connectivity index (χ2v) is 2.91. The van der Waals surface area contributed by atoms with Crippen LogP contribution in [0.4, 0.5) is 18.9 Å². The average molecular weight is 262 g/mol. The second-order valence-electron chi connectivity index (χ2n) is 2.10. The van der Waals surface area contributed by atoms with Crippen molar-refractivity contribution >= 4 is 28.9 Å². The van der Waals surface area contributed by atoms with Gasteiger partial charge in [0.1, 0.15) is 5.69 Å². The summed E-state index contributed by atoms with van der Waals surface area (Å²) in [5.74, 6) is -2.39. The molecule has 0 spiro atoms. The smallest absolute Gasteiger partial charge is 0.187 e. The van der Waals surface area contributed by atoms with E-state index in [0.29, 0.717) is 0 Å². The fourth-order valence-electron chi connectivity index (χ4n) is 0.727. The minimum atomic E-state index is -1.28. The zero-order chi connectivity index (χ0) is 11.8. The molecule has 0 N–H and O–H groups in total. The van der Waals surface area contributed by atoms with E-state index in [-0.39, 0.29) is 10.6 Å². The molecule has 2 nitrogen and oxygen atoms in total. The monoisotopic (exact) mass is 261 g/mol. The molecule has 7 heteroatoms. The van der Waals surface area contributed by atoms with Crippen LogP contribution in [0.2, 0.25) is 0 Å². The molecule has 1 rings (SSSR count). The molecule has 86 valence electrons. The summed E-state index contributed by atoms with van der Waals surface area (Å²) in [6, 6.07) is 3.13. The Morgan fingerprint density at radius 2 is 1.87 bits per heavy atom. The van der Waals surface area contributed by atoms with Gasteiger partial charge in [-0.1, -0.05) is 15.8 Å². The molecule has 0 saturated carbocycles. The van der Waals surface area contributed by atoms with E-state index >= 15 is 0 Å². The molecule has 1 aromatic rings. The van der Waals surface area contributed by atoms with Crippen molar-refractivity contribution in [3.63, 3.8) is 0 Å². The summed E-state index contributed by atoms with van der Waals surface area (Å²) in [4.78, 5) is 4.03. The van der Waals surface area contributed by atoms with Crippen LogP contribution in [0.25, 0.3) is 0 Å². The van der Waals surface area contributed by atoms with Crippen LogP contribution in [0, 0.1) is 11.6 Å². The van der Waals surface area contributed by atoms with E-state index in [1.807, 2.05) is 0 Å². The standard InChI is InChI=1S/C7H6F3NO.CH2Cl2/c1-12-11(10)6-4-2-3-5(8)7(6)9;2-1-3/h2-4H,1H3;1H2. The van der Waals surface area contributed by atoms with Gasteiger partial charge in [0.2, 0.25) is 0 Å². The van der Waals surface area contributed by atoms with Gasteiger partial charge in [-0.25, -0.2) is 13.6 Å². The van der Waals surface area contributed by atoms with Gasteiger partial charge in [-0.3, -0.25) is 0 Å². The lowest BCUT2D eigenvalue weighted by atomic mass is 10.3. The minimum Gasteiger partial charge on any atom is -0.248 e. The van der Waals surface area contributed by atoms with E-state index in [2.05, 4.69) is 4.84 Å². The molecule has 0 aliphatic heterocycles. The number of hydrogen-bond acceptors (Lipinski definition) is 2. The predicted molar refractivity (Wildman–Crippen MR) is 53.5 cm³/mol. The van der Waals surface area contributed by atoms with Crippen molar-refractivity contribution in [3.8, 4) is 0 Å². The largest absolute Gasteiger partial charge is 0.248 e. The molecule has 1 aromatic carbocycles. The molecule has 0 aromatic heterocycles. The zero-order valence-corrected chi connectivity index (χ0v) is 9.20. The molecule has 0 heterocycles. The molecule has 0 atom stereocenters. The number of hydrogen-bond donors (Lipinski definition) is 0. The number of rotatable bonds is 2. The maximum absolute atomic E-state index is 12.7. The first kappa shape index (κ1) is 14.3. The van der Waals surface area contributed by atoms with Gasteiger partial charge < -0.3 is 0 Å². The Bertz CT molecular complexity index is 301. The van der Waals surface area contributed by atoms with E-state index in [9.17, 15) is 13.3 Å². The quantitative estimate of drug-likeness (QED) is 0.458. The van der Waals surface area contributed by atoms with Crippen LogP contribution >= 0.6 is 23.2 Å². The topological polar surface area (TPSA) is 12.5 Å². The number of halogens is 5. The summed E-state index contributed by atoms with van der Waals surface area (Å²) in [5.41, 5.74) is -0.586. The van der Waals surface area contributed by atoms with Crippen molar-refractivity contribution in [2.75, 3.05) is 17.7 Å². The highest BCUT2D eigenvalue weighted by Crippen LogP contribution is 2.21. The lowest BCUT2D eigenvalue weighted by Crippen LogP contribution is -2.11. The third-order valence-corrected chi connectivity index (χ3v) is 1.28. The SMILES string of the molecule is CON(F)c1cccc(F)c1F.ClCCl. The Labute approximate surface area is 95.0 Å². The highest BCUT2D eigenvalue weighted by atomic mass is 35.5. The maximum Gasteiger partial charge on any atom is 0.187 e. The molecule has 0 saturated heterocycles.